The number of pyridine rings is 1. The summed E-state index contributed by atoms with van der Waals surface area (Å²) in [6, 6.07) is 9.71. The van der Waals surface area contributed by atoms with E-state index in [1.54, 1.807) is 30.3 Å². The molecule has 0 spiro atoms. The Labute approximate surface area is 219 Å². The van der Waals surface area contributed by atoms with Gasteiger partial charge in [0.25, 0.3) is 0 Å². The molecule has 196 valence electrons. The van der Waals surface area contributed by atoms with E-state index in [1.807, 2.05) is 13.0 Å². The summed E-state index contributed by atoms with van der Waals surface area (Å²) in [7, 11) is 0. The van der Waals surface area contributed by atoms with Crippen LogP contribution in [0.15, 0.2) is 42.6 Å². The molecule has 2 amide bonds. The van der Waals surface area contributed by atoms with Crippen LogP contribution in [0.25, 0.3) is 0 Å². The number of aliphatic carboxylic acids is 1. The third-order valence-electron chi connectivity index (χ3n) is 5.33. The predicted molar refractivity (Wildman–Crippen MR) is 137 cm³/mol. The van der Waals surface area contributed by atoms with Gasteiger partial charge in [-0.2, -0.15) is 0 Å². The first kappa shape index (κ1) is 29.4. The molecule has 1 unspecified atom stereocenters. The third-order valence-corrected chi connectivity index (χ3v) is 6.41. The number of carboxylic acid groups (broad SMARTS) is 1. The molecule has 12 heteroatoms. The van der Waals surface area contributed by atoms with Crippen molar-refractivity contribution in [2.24, 2.45) is 5.73 Å². The van der Waals surface area contributed by atoms with Crippen LogP contribution in [0.2, 0.25) is 5.02 Å². The molecule has 1 aromatic heterocycles. The van der Waals surface area contributed by atoms with Crippen molar-refractivity contribution in [3.63, 3.8) is 0 Å². The summed E-state index contributed by atoms with van der Waals surface area (Å²) in [5.41, 5.74) is 8.03. The molecule has 0 saturated heterocycles. The minimum atomic E-state index is -1.02. The van der Waals surface area contributed by atoms with Crippen molar-refractivity contribution in [3.05, 3.63) is 64.4 Å². The molecule has 2 rings (SSSR count). The van der Waals surface area contributed by atoms with Crippen molar-refractivity contribution in [1.82, 2.24) is 14.9 Å². The second-order valence-corrected chi connectivity index (χ2v) is 9.33. The summed E-state index contributed by atoms with van der Waals surface area (Å²) in [5, 5.41) is 22.3. The van der Waals surface area contributed by atoms with Crippen molar-refractivity contribution in [2.75, 3.05) is 18.8 Å². The van der Waals surface area contributed by atoms with Crippen LogP contribution in [-0.4, -0.2) is 57.9 Å². The zero-order valence-electron chi connectivity index (χ0n) is 20.2. The maximum Gasteiger partial charge on any atom is 0.314 e. The lowest BCUT2D eigenvalue weighted by Crippen LogP contribution is -2.49. The van der Waals surface area contributed by atoms with Crippen LogP contribution in [0.1, 0.15) is 36.6 Å². The van der Waals surface area contributed by atoms with Crippen molar-refractivity contribution in [2.45, 2.75) is 45.3 Å². The molecule has 0 aliphatic heterocycles. The minimum absolute atomic E-state index is 0.154. The number of carbonyl (C=O) groups excluding carboxylic acids is 2. The molecule has 36 heavy (non-hydrogen) atoms. The van der Waals surface area contributed by atoms with Crippen LogP contribution in [0.5, 0.6) is 0 Å². The quantitative estimate of drug-likeness (QED) is 0.130. The number of amides is 2. The van der Waals surface area contributed by atoms with E-state index in [0.29, 0.717) is 43.1 Å². The highest BCUT2D eigenvalue weighted by molar-refractivity contribution is 7.98. The molecule has 0 bridgehead atoms. The lowest BCUT2D eigenvalue weighted by Gasteiger charge is -2.27. The monoisotopic (exact) mass is 538 g/mol. The molecular formula is C24H33ClN5O5S+. The summed E-state index contributed by atoms with van der Waals surface area (Å²) in [6.07, 6.45) is 2.77. The fourth-order valence-electron chi connectivity index (χ4n) is 3.54. The molecule has 0 fully saturated rings. The zero-order valence-corrected chi connectivity index (χ0v) is 21.7. The molecule has 1 heterocycles. The highest BCUT2D eigenvalue weighted by Crippen LogP contribution is 2.16. The van der Waals surface area contributed by atoms with Crippen LogP contribution in [0.4, 0.5) is 0 Å². The fraction of sp³-hybridized carbons (Fsp3) is 0.417. The van der Waals surface area contributed by atoms with E-state index in [-0.39, 0.29) is 30.7 Å². The van der Waals surface area contributed by atoms with Crippen LogP contribution in [0.3, 0.4) is 0 Å². The first-order chi connectivity index (χ1) is 17.2. The summed E-state index contributed by atoms with van der Waals surface area (Å²) >= 11 is 6.98. The normalized spacial score (nSPS) is 11.6. The van der Waals surface area contributed by atoms with Gasteiger partial charge in [0.2, 0.25) is 23.7 Å². The van der Waals surface area contributed by atoms with Gasteiger partial charge < -0.3 is 21.1 Å². The average molecular weight is 539 g/mol. The minimum Gasteiger partial charge on any atom is -0.481 e. The Morgan fingerprint density at radius 3 is 2.67 bits per heavy atom. The van der Waals surface area contributed by atoms with Gasteiger partial charge in [-0.15, -0.1) is 0 Å². The highest BCUT2D eigenvalue weighted by atomic mass is 35.5. The summed E-state index contributed by atoms with van der Waals surface area (Å²) in [6.45, 7) is 2.63. The molecule has 1 atom stereocenters. The number of hydrogen-bond acceptors (Lipinski definition) is 7. The standard InChI is InChI=1S/C24H32ClN5O5S/c1-2-10-29(15-22(31)27-14-18-12-19(25)7-6-17(18)13-26)24(34)21(28-36-16-23(32)33)9-8-20-5-3-4-11-30(20)35/h3-7,11-12,21,28H,2,8-10,13-16,26H2,1H3,(H2-,27,31,32,33,35)/p+1. The number of rotatable bonds is 15. The number of carbonyl (C=O) groups is 3. The Morgan fingerprint density at radius 2 is 2.00 bits per heavy atom. The number of nitrogens with zero attached hydrogens (tertiary/aromatic N) is 2. The van der Waals surface area contributed by atoms with E-state index in [4.69, 9.17) is 22.4 Å². The van der Waals surface area contributed by atoms with Gasteiger partial charge in [-0.25, -0.2) is 0 Å². The van der Waals surface area contributed by atoms with Gasteiger partial charge in [0.15, 0.2) is 0 Å². The molecule has 10 nitrogen and oxygen atoms in total. The second kappa shape index (κ2) is 15.3. The van der Waals surface area contributed by atoms with Crippen molar-refractivity contribution < 1.29 is 29.4 Å². The van der Waals surface area contributed by atoms with E-state index < -0.39 is 12.0 Å². The Balaban J connectivity index is 2.07. The molecule has 0 radical (unpaired) electrons. The molecule has 1 aromatic carbocycles. The number of benzene rings is 1. The van der Waals surface area contributed by atoms with Gasteiger partial charge in [0.1, 0.15) is 5.75 Å². The smallest absolute Gasteiger partial charge is 0.314 e. The van der Waals surface area contributed by atoms with Gasteiger partial charge in [0.05, 0.1) is 12.6 Å². The van der Waals surface area contributed by atoms with E-state index in [0.717, 1.165) is 27.8 Å². The Morgan fingerprint density at radius 1 is 1.22 bits per heavy atom. The molecule has 0 aliphatic rings. The lowest BCUT2D eigenvalue weighted by atomic mass is 10.1. The number of nitrogens with two attached hydrogens (primary N) is 1. The lowest BCUT2D eigenvalue weighted by molar-refractivity contribution is -0.909. The van der Waals surface area contributed by atoms with Crippen LogP contribution in [-0.2, 0) is 33.9 Å². The molecule has 2 aromatic rings. The maximum atomic E-state index is 13.4. The van der Waals surface area contributed by atoms with Crippen LogP contribution < -0.4 is 20.5 Å². The van der Waals surface area contributed by atoms with E-state index in [2.05, 4.69) is 10.0 Å². The Hall–Kier alpha value is -2.86. The fourth-order valence-corrected chi connectivity index (χ4v) is 4.36. The average Bonchev–Trinajstić information content (AvgIpc) is 2.85. The Kier molecular flexibility index (Phi) is 12.5. The number of aromatic nitrogens is 1. The Bertz CT molecular complexity index is 1040. The van der Waals surface area contributed by atoms with Crippen molar-refractivity contribution >= 4 is 41.3 Å². The van der Waals surface area contributed by atoms with E-state index in [9.17, 15) is 19.6 Å². The topological polar surface area (TPSA) is 149 Å². The van der Waals surface area contributed by atoms with E-state index in [1.165, 1.54) is 11.1 Å². The van der Waals surface area contributed by atoms with Gasteiger partial charge in [-0.05, 0) is 42.2 Å². The van der Waals surface area contributed by atoms with Crippen LogP contribution >= 0.6 is 23.5 Å². The van der Waals surface area contributed by atoms with Crippen molar-refractivity contribution in [1.29, 1.82) is 0 Å². The first-order valence-corrected chi connectivity index (χ1v) is 12.9. The summed E-state index contributed by atoms with van der Waals surface area (Å²) < 4.78 is 3.91. The first-order valence-electron chi connectivity index (χ1n) is 11.6. The molecule has 0 aliphatic carbocycles. The van der Waals surface area contributed by atoms with Gasteiger partial charge in [0, 0.05) is 47.9 Å². The zero-order chi connectivity index (χ0) is 26.5. The predicted octanol–water partition coefficient (Wildman–Crippen LogP) is 1.50. The van der Waals surface area contributed by atoms with Gasteiger partial charge in [-0.1, -0.05) is 36.5 Å². The molecule has 6 N–H and O–H groups in total. The second-order valence-electron chi connectivity index (χ2n) is 8.08. The number of halogens is 1. The van der Waals surface area contributed by atoms with E-state index >= 15 is 0 Å². The molecular weight excluding hydrogens is 506 g/mol. The van der Waals surface area contributed by atoms with Gasteiger partial charge >= 0.3 is 5.97 Å². The number of hydrogen-bond donors (Lipinski definition) is 5. The number of aryl methyl sites for hydroxylation is 1. The van der Waals surface area contributed by atoms with Crippen molar-refractivity contribution in [3.8, 4) is 0 Å². The largest absolute Gasteiger partial charge is 0.481 e. The SMILES string of the molecule is CCCN(CC(=O)NCc1cc(Cl)ccc1CN)C(=O)C(CCc1cccc[n+]1O)NSCC(=O)O. The highest BCUT2D eigenvalue weighted by Gasteiger charge is 2.27. The summed E-state index contributed by atoms with van der Waals surface area (Å²) in [4.78, 5) is 38.5. The molecule has 0 saturated carbocycles. The number of nitrogens with one attached hydrogen (secondary N) is 2. The summed E-state index contributed by atoms with van der Waals surface area (Å²) in [5.74, 6) is -1.91. The third kappa shape index (κ3) is 9.65. The van der Waals surface area contributed by atoms with Gasteiger partial charge in [-0.3, -0.25) is 24.3 Å². The maximum absolute atomic E-state index is 13.4. The van der Waals surface area contributed by atoms with Crippen LogP contribution in [0, 0.1) is 0 Å². The number of carboxylic acids is 1.